The Labute approximate surface area is 120 Å². The maximum absolute atomic E-state index is 12.3. The van der Waals surface area contributed by atoms with Gasteiger partial charge in [-0.1, -0.05) is 12.1 Å². The predicted octanol–water partition coefficient (Wildman–Crippen LogP) is 2.81. The van der Waals surface area contributed by atoms with Gasteiger partial charge in [-0.25, -0.2) is 0 Å². The van der Waals surface area contributed by atoms with Gasteiger partial charge in [0.15, 0.2) is 17.3 Å². The number of ketones is 1. The number of allylic oxidation sites excluding steroid dienone is 2. The van der Waals surface area contributed by atoms with E-state index in [9.17, 15) is 20.1 Å². The normalized spacial score (nSPS) is 15.6. The third kappa shape index (κ3) is 1.99. The average molecular weight is 284 g/mol. The van der Waals surface area contributed by atoms with Gasteiger partial charge >= 0.3 is 0 Å². The van der Waals surface area contributed by atoms with Crippen molar-refractivity contribution < 1.29 is 24.9 Å². The molecule has 0 saturated heterocycles. The SMILES string of the molecule is C/C(=C1\Oc2c(ccc(O)c2O)C1=O)c1ccc(O)cc1. The molecule has 2 aromatic carbocycles. The number of carbonyl (C=O) groups excluding carboxylic acids is 1. The number of ether oxygens (including phenoxy) is 1. The van der Waals surface area contributed by atoms with Crippen LogP contribution >= 0.6 is 0 Å². The lowest BCUT2D eigenvalue weighted by atomic mass is 10.0. The van der Waals surface area contributed by atoms with Crippen molar-refractivity contribution in [1.29, 1.82) is 0 Å². The second-order valence-electron chi connectivity index (χ2n) is 4.74. The fourth-order valence-electron chi connectivity index (χ4n) is 2.20. The van der Waals surface area contributed by atoms with Crippen LogP contribution < -0.4 is 4.74 Å². The van der Waals surface area contributed by atoms with Crippen LogP contribution in [-0.4, -0.2) is 21.1 Å². The number of carbonyl (C=O) groups is 1. The van der Waals surface area contributed by atoms with E-state index in [1.807, 2.05) is 0 Å². The van der Waals surface area contributed by atoms with Crippen LogP contribution in [0.15, 0.2) is 42.2 Å². The van der Waals surface area contributed by atoms with Gasteiger partial charge in [0, 0.05) is 5.57 Å². The molecule has 1 aliphatic heterocycles. The van der Waals surface area contributed by atoms with Gasteiger partial charge in [0.25, 0.3) is 0 Å². The molecule has 21 heavy (non-hydrogen) atoms. The van der Waals surface area contributed by atoms with Crippen molar-refractivity contribution in [2.45, 2.75) is 6.92 Å². The largest absolute Gasteiger partial charge is 0.508 e. The number of fused-ring (bicyclic) bond motifs is 1. The van der Waals surface area contributed by atoms with Gasteiger partial charge in [-0.3, -0.25) is 4.79 Å². The Morgan fingerprint density at radius 3 is 2.33 bits per heavy atom. The molecular weight excluding hydrogens is 272 g/mol. The number of phenolic OH excluding ortho intramolecular Hbond substituents is 3. The minimum atomic E-state index is -0.450. The van der Waals surface area contributed by atoms with Gasteiger partial charge in [-0.2, -0.15) is 0 Å². The number of hydrogen-bond donors (Lipinski definition) is 3. The maximum atomic E-state index is 12.3. The van der Waals surface area contributed by atoms with Crippen molar-refractivity contribution >= 4 is 11.4 Å². The molecule has 0 saturated carbocycles. The molecule has 0 unspecified atom stereocenters. The summed E-state index contributed by atoms with van der Waals surface area (Å²) in [6, 6.07) is 8.99. The number of rotatable bonds is 1. The number of phenols is 3. The van der Waals surface area contributed by atoms with Crippen molar-refractivity contribution in [3.63, 3.8) is 0 Å². The molecule has 0 radical (unpaired) electrons. The fraction of sp³-hybridized carbons (Fsp3) is 0.0625. The van der Waals surface area contributed by atoms with Gasteiger partial charge in [0.2, 0.25) is 11.5 Å². The van der Waals surface area contributed by atoms with Crippen LogP contribution in [0.5, 0.6) is 23.0 Å². The molecule has 3 N–H and O–H groups in total. The van der Waals surface area contributed by atoms with Crippen LogP contribution in [0.3, 0.4) is 0 Å². The van der Waals surface area contributed by atoms with Gasteiger partial charge in [0.1, 0.15) is 5.75 Å². The molecule has 1 aliphatic rings. The Kier molecular flexibility index (Phi) is 2.83. The van der Waals surface area contributed by atoms with Crippen molar-refractivity contribution in [3.8, 4) is 23.0 Å². The Balaban J connectivity index is 2.10. The van der Waals surface area contributed by atoms with Gasteiger partial charge in [0.05, 0.1) is 5.56 Å². The first kappa shape index (κ1) is 13.1. The predicted molar refractivity (Wildman–Crippen MR) is 75.4 cm³/mol. The molecule has 1 heterocycles. The highest BCUT2D eigenvalue weighted by atomic mass is 16.5. The second-order valence-corrected chi connectivity index (χ2v) is 4.74. The van der Waals surface area contributed by atoms with Crippen LogP contribution in [0, 0.1) is 0 Å². The van der Waals surface area contributed by atoms with E-state index in [1.54, 1.807) is 19.1 Å². The lowest BCUT2D eigenvalue weighted by Gasteiger charge is -2.06. The second kappa shape index (κ2) is 4.56. The maximum Gasteiger partial charge on any atom is 0.232 e. The van der Waals surface area contributed by atoms with E-state index in [2.05, 4.69) is 0 Å². The van der Waals surface area contributed by atoms with Crippen LogP contribution in [0.25, 0.3) is 5.57 Å². The monoisotopic (exact) mass is 284 g/mol. The highest BCUT2D eigenvalue weighted by Gasteiger charge is 2.32. The molecule has 0 aliphatic carbocycles. The molecule has 0 bridgehead atoms. The molecule has 0 amide bonds. The lowest BCUT2D eigenvalue weighted by Crippen LogP contribution is -2.01. The lowest BCUT2D eigenvalue weighted by molar-refractivity contribution is 0.101. The van der Waals surface area contributed by atoms with Crippen LogP contribution in [0.4, 0.5) is 0 Å². The molecule has 5 nitrogen and oxygen atoms in total. The zero-order chi connectivity index (χ0) is 15.1. The topological polar surface area (TPSA) is 87.0 Å². The number of Topliss-reactive ketones (excluding diaryl/α,β-unsaturated/α-hetero) is 1. The molecule has 106 valence electrons. The van der Waals surface area contributed by atoms with Gasteiger partial charge in [-0.05, 0) is 36.8 Å². The number of hydrogen-bond acceptors (Lipinski definition) is 5. The molecule has 3 rings (SSSR count). The van der Waals surface area contributed by atoms with Gasteiger partial charge in [-0.15, -0.1) is 0 Å². The standard InChI is InChI=1S/C16H12O5/c1-8(9-2-4-10(17)5-3-9)15-13(19)11-6-7-12(18)14(20)16(11)21-15/h2-7,17-18,20H,1H3/b15-8+. The Morgan fingerprint density at radius 1 is 1.00 bits per heavy atom. The summed E-state index contributed by atoms with van der Waals surface area (Å²) in [7, 11) is 0. The Bertz CT molecular complexity index is 772. The smallest absolute Gasteiger partial charge is 0.232 e. The van der Waals surface area contributed by atoms with E-state index in [-0.39, 0.29) is 34.4 Å². The minimum absolute atomic E-state index is 0.0341. The zero-order valence-electron chi connectivity index (χ0n) is 11.1. The molecule has 0 aromatic heterocycles. The Morgan fingerprint density at radius 2 is 1.67 bits per heavy atom. The zero-order valence-corrected chi connectivity index (χ0v) is 11.1. The summed E-state index contributed by atoms with van der Waals surface area (Å²) < 4.78 is 5.43. The summed E-state index contributed by atoms with van der Waals surface area (Å²) in [5, 5.41) is 28.5. The summed E-state index contributed by atoms with van der Waals surface area (Å²) in [6.07, 6.45) is 0. The van der Waals surface area contributed by atoms with E-state index in [1.165, 1.54) is 24.3 Å². The highest BCUT2D eigenvalue weighted by Crippen LogP contribution is 2.45. The highest BCUT2D eigenvalue weighted by molar-refractivity contribution is 6.16. The molecular formula is C16H12O5. The third-order valence-corrected chi connectivity index (χ3v) is 3.41. The molecule has 2 aromatic rings. The van der Waals surface area contributed by atoms with Crippen molar-refractivity contribution in [1.82, 2.24) is 0 Å². The van der Waals surface area contributed by atoms with E-state index < -0.39 is 5.75 Å². The molecule has 0 fully saturated rings. The fourth-order valence-corrected chi connectivity index (χ4v) is 2.20. The minimum Gasteiger partial charge on any atom is -0.508 e. The van der Waals surface area contributed by atoms with Gasteiger partial charge < -0.3 is 20.1 Å². The summed E-state index contributed by atoms with van der Waals surface area (Å²) >= 11 is 0. The summed E-state index contributed by atoms with van der Waals surface area (Å²) in [5.41, 5.74) is 1.50. The van der Waals surface area contributed by atoms with Crippen molar-refractivity contribution in [2.24, 2.45) is 0 Å². The number of aromatic hydroxyl groups is 3. The van der Waals surface area contributed by atoms with E-state index in [4.69, 9.17) is 4.74 Å². The molecule has 0 atom stereocenters. The van der Waals surface area contributed by atoms with E-state index in [0.717, 1.165) is 0 Å². The summed E-state index contributed by atoms with van der Waals surface area (Å²) in [6.45, 7) is 1.71. The number of benzene rings is 2. The van der Waals surface area contributed by atoms with Crippen LogP contribution in [0.2, 0.25) is 0 Å². The molecule has 5 heteroatoms. The average Bonchev–Trinajstić information content (AvgIpc) is 2.81. The molecule has 0 spiro atoms. The summed E-state index contributed by atoms with van der Waals surface area (Å²) in [5.74, 6) is -0.962. The third-order valence-electron chi connectivity index (χ3n) is 3.41. The van der Waals surface area contributed by atoms with Crippen molar-refractivity contribution in [2.75, 3.05) is 0 Å². The first-order valence-corrected chi connectivity index (χ1v) is 6.27. The van der Waals surface area contributed by atoms with Crippen LogP contribution in [0.1, 0.15) is 22.8 Å². The van der Waals surface area contributed by atoms with Crippen LogP contribution in [-0.2, 0) is 0 Å². The first-order valence-electron chi connectivity index (χ1n) is 6.27. The van der Waals surface area contributed by atoms with Crippen molar-refractivity contribution in [3.05, 3.63) is 53.3 Å². The summed E-state index contributed by atoms with van der Waals surface area (Å²) in [4.78, 5) is 12.3. The van der Waals surface area contributed by atoms with E-state index in [0.29, 0.717) is 11.1 Å². The van der Waals surface area contributed by atoms with E-state index >= 15 is 0 Å². The quantitative estimate of drug-likeness (QED) is 0.553. The Hall–Kier alpha value is -2.95. The first-order chi connectivity index (χ1) is 9.99.